The SMILES string of the molecule is COC(=O)c1c(NC(=O)Cn2nc(C)c3c(-c4ccc(F)cc4)ccnc32)sc2c1CCC2. The molecule has 0 aliphatic heterocycles. The molecule has 0 bridgehead atoms. The number of rotatable bonds is 5. The van der Waals surface area contributed by atoms with Crippen molar-refractivity contribution in [3.8, 4) is 11.1 Å². The maximum Gasteiger partial charge on any atom is 0.341 e. The summed E-state index contributed by atoms with van der Waals surface area (Å²) in [5.74, 6) is -1.05. The van der Waals surface area contributed by atoms with E-state index in [-0.39, 0.29) is 18.3 Å². The van der Waals surface area contributed by atoms with Gasteiger partial charge in [-0.15, -0.1) is 11.3 Å². The van der Waals surface area contributed by atoms with Gasteiger partial charge in [0.05, 0.1) is 18.4 Å². The molecule has 1 aliphatic rings. The summed E-state index contributed by atoms with van der Waals surface area (Å²) >= 11 is 1.43. The number of aromatic nitrogens is 3. The van der Waals surface area contributed by atoms with E-state index in [1.54, 1.807) is 23.0 Å². The van der Waals surface area contributed by atoms with Crippen LogP contribution >= 0.6 is 11.3 Å². The Morgan fingerprint density at radius 3 is 2.76 bits per heavy atom. The molecule has 0 saturated heterocycles. The van der Waals surface area contributed by atoms with Crippen molar-refractivity contribution in [2.45, 2.75) is 32.7 Å². The largest absolute Gasteiger partial charge is 0.465 e. The highest BCUT2D eigenvalue weighted by atomic mass is 32.1. The summed E-state index contributed by atoms with van der Waals surface area (Å²) < 4.78 is 19.9. The van der Waals surface area contributed by atoms with Gasteiger partial charge in [0.15, 0.2) is 5.65 Å². The van der Waals surface area contributed by atoms with Crippen LogP contribution in [-0.2, 0) is 28.9 Å². The molecule has 1 aliphatic carbocycles. The first-order valence-electron chi connectivity index (χ1n) is 10.6. The van der Waals surface area contributed by atoms with Crippen LogP contribution in [0.2, 0.25) is 0 Å². The lowest BCUT2D eigenvalue weighted by Gasteiger charge is -2.08. The third-order valence-corrected chi connectivity index (χ3v) is 7.03. The Balaban J connectivity index is 1.45. The number of ether oxygens (including phenoxy) is 1. The highest BCUT2D eigenvalue weighted by Gasteiger charge is 2.28. The van der Waals surface area contributed by atoms with Crippen LogP contribution in [0.15, 0.2) is 36.5 Å². The van der Waals surface area contributed by atoms with Crippen molar-refractivity contribution >= 4 is 39.2 Å². The Bertz CT molecular complexity index is 1390. The molecule has 0 fully saturated rings. The van der Waals surface area contributed by atoms with Gasteiger partial charge in [-0.25, -0.2) is 18.9 Å². The summed E-state index contributed by atoms with van der Waals surface area (Å²) in [6.45, 7) is 1.79. The summed E-state index contributed by atoms with van der Waals surface area (Å²) in [4.78, 5) is 30.8. The van der Waals surface area contributed by atoms with E-state index in [1.807, 2.05) is 13.0 Å². The predicted molar refractivity (Wildman–Crippen MR) is 124 cm³/mol. The summed E-state index contributed by atoms with van der Waals surface area (Å²) in [5.41, 5.74) is 4.43. The van der Waals surface area contributed by atoms with Gasteiger partial charge in [-0.1, -0.05) is 12.1 Å². The van der Waals surface area contributed by atoms with Gasteiger partial charge in [-0.05, 0) is 61.1 Å². The Morgan fingerprint density at radius 2 is 2.00 bits per heavy atom. The van der Waals surface area contributed by atoms with Crippen LogP contribution in [-0.4, -0.2) is 33.8 Å². The maximum absolute atomic E-state index is 13.4. The van der Waals surface area contributed by atoms with Gasteiger partial charge in [0.2, 0.25) is 5.91 Å². The van der Waals surface area contributed by atoms with Crippen molar-refractivity contribution in [1.82, 2.24) is 14.8 Å². The molecule has 5 rings (SSSR count). The molecule has 168 valence electrons. The fourth-order valence-corrected chi connectivity index (χ4v) is 5.67. The van der Waals surface area contributed by atoms with Crippen molar-refractivity contribution in [2.75, 3.05) is 12.4 Å². The monoisotopic (exact) mass is 464 g/mol. The topological polar surface area (TPSA) is 86.1 Å². The minimum absolute atomic E-state index is 0.0621. The van der Waals surface area contributed by atoms with Gasteiger partial charge in [0, 0.05) is 16.5 Å². The Kier molecular flexibility index (Phi) is 5.41. The van der Waals surface area contributed by atoms with Gasteiger partial charge >= 0.3 is 5.97 Å². The highest BCUT2D eigenvalue weighted by Crippen LogP contribution is 2.39. The molecular formula is C24H21FN4O3S. The Labute approximate surface area is 193 Å². The summed E-state index contributed by atoms with van der Waals surface area (Å²) in [5, 5.41) is 8.73. The van der Waals surface area contributed by atoms with Crippen LogP contribution < -0.4 is 5.32 Å². The van der Waals surface area contributed by atoms with Gasteiger partial charge in [-0.2, -0.15) is 5.10 Å². The van der Waals surface area contributed by atoms with Crippen LogP contribution in [0, 0.1) is 12.7 Å². The van der Waals surface area contributed by atoms with Crippen LogP contribution in [0.25, 0.3) is 22.2 Å². The first kappa shape index (κ1) is 21.3. The smallest absolute Gasteiger partial charge is 0.341 e. The zero-order valence-electron chi connectivity index (χ0n) is 18.1. The molecule has 9 heteroatoms. The minimum Gasteiger partial charge on any atom is -0.465 e. The number of nitrogens with zero attached hydrogens (tertiary/aromatic N) is 3. The fourth-order valence-electron chi connectivity index (χ4n) is 4.37. The minimum atomic E-state index is -0.435. The highest BCUT2D eigenvalue weighted by molar-refractivity contribution is 7.17. The Hall–Kier alpha value is -3.59. The van der Waals surface area contributed by atoms with Gasteiger partial charge < -0.3 is 10.1 Å². The third kappa shape index (κ3) is 3.78. The van der Waals surface area contributed by atoms with Gasteiger partial charge in [-0.3, -0.25) is 4.79 Å². The molecule has 3 heterocycles. The Morgan fingerprint density at radius 1 is 1.21 bits per heavy atom. The molecule has 0 atom stereocenters. The summed E-state index contributed by atoms with van der Waals surface area (Å²) in [6, 6.07) is 8.08. The second-order valence-electron chi connectivity index (χ2n) is 7.91. The number of amides is 1. The van der Waals surface area contributed by atoms with Crippen molar-refractivity contribution < 1.29 is 18.7 Å². The lowest BCUT2D eigenvalue weighted by molar-refractivity contribution is -0.116. The van der Waals surface area contributed by atoms with Crippen LogP contribution in [0.5, 0.6) is 0 Å². The number of aryl methyl sites for hydroxylation is 2. The fraction of sp³-hybridized carbons (Fsp3) is 0.250. The van der Waals surface area contributed by atoms with Crippen LogP contribution in [0.3, 0.4) is 0 Å². The van der Waals surface area contributed by atoms with Crippen molar-refractivity contribution in [3.63, 3.8) is 0 Å². The molecule has 4 aromatic rings. The maximum atomic E-state index is 13.4. The number of nitrogens with one attached hydrogen (secondary N) is 1. The number of hydrogen-bond donors (Lipinski definition) is 1. The lowest BCUT2D eigenvalue weighted by atomic mass is 10.0. The molecule has 7 nitrogen and oxygen atoms in total. The van der Waals surface area contributed by atoms with E-state index in [0.29, 0.717) is 16.2 Å². The first-order valence-corrected chi connectivity index (χ1v) is 11.4. The molecule has 1 amide bonds. The predicted octanol–water partition coefficient (Wildman–Crippen LogP) is 4.52. The number of thiophene rings is 1. The van der Waals surface area contributed by atoms with Gasteiger partial charge in [0.1, 0.15) is 17.4 Å². The quantitative estimate of drug-likeness (QED) is 0.439. The van der Waals surface area contributed by atoms with E-state index >= 15 is 0 Å². The molecule has 0 spiro atoms. The van der Waals surface area contributed by atoms with Gasteiger partial charge in [0.25, 0.3) is 0 Å². The van der Waals surface area contributed by atoms with E-state index in [1.165, 1.54) is 30.6 Å². The second kappa shape index (κ2) is 8.40. The molecule has 0 unspecified atom stereocenters. The summed E-state index contributed by atoms with van der Waals surface area (Å²) in [6.07, 6.45) is 4.36. The first-order chi connectivity index (χ1) is 16.0. The zero-order chi connectivity index (χ0) is 23.1. The molecule has 3 aromatic heterocycles. The standard InChI is InChI=1S/C24H21FN4O3S/c1-13-20-16(14-6-8-15(25)9-7-14)10-11-26-22(20)29(28-13)12-19(30)27-23-21(24(31)32-2)17-4-3-5-18(17)33-23/h6-11H,3-5,12H2,1-2H3,(H,27,30). The van der Waals surface area contributed by atoms with E-state index in [9.17, 15) is 14.0 Å². The number of benzene rings is 1. The normalized spacial score (nSPS) is 12.7. The number of hydrogen-bond acceptors (Lipinski definition) is 6. The number of esters is 1. The molecule has 0 radical (unpaired) electrons. The average Bonchev–Trinajstić information content (AvgIpc) is 3.47. The zero-order valence-corrected chi connectivity index (χ0v) is 19.0. The molecule has 1 N–H and O–H groups in total. The number of anilines is 1. The third-order valence-electron chi connectivity index (χ3n) is 5.82. The van der Waals surface area contributed by atoms with Crippen molar-refractivity contribution in [3.05, 3.63) is 64.0 Å². The molecule has 33 heavy (non-hydrogen) atoms. The van der Waals surface area contributed by atoms with Crippen LogP contribution in [0.4, 0.5) is 9.39 Å². The van der Waals surface area contributed by atoms with Crippen molar-refractivity contribution in [1.29, 1.82) is 0 Å². The number of fused-ring (bicyclic) bond motifs is 2. The number of carbonyl (C=O) groups is 2. The van der Waals surface area contributed by atoms with E-state index in [0.717, 1.165) is 51.9 Å². The average molecular weight is 465 g/mol. The van der Waals surface area contributed by atoms with Crippen LogP contribution in [0.1, 0.15) is 32.9 Å². The number of methoxy groups -OCH3 is 1. The van der Waals surface area contributed by atoms with E-state index < -0.39 is 5.97 Å². The second-order valence-corrected chi connectivity index (χ2v) is 9.01. The summed E-state index contributed by atoms with van der Waals surface area (Å²) in [7, 11) is 1.34. The molecule has 0 saturated carbocycles. The number of halogens is 1. The van der Waals surface area contributed by atoms with Crippen molar-refractivity contribution in [2.24, 2.45) is 0 Å². The van der Waals surface area contributed by atoms with E-state index in [4.69, 9.17) is 4.74 Å². The molecule has 1 aromatic carbocycles. The van der Waals surface area contributed by atoms with E-state index in [2.05, 4.69) is 15.4 Å². The molecular weight excluding hydrogens is 443 g/mol. The lowest BCUT2D eigenvalue weighted by Crippen LogP contribution is -2.20. The number of pyridine rings is 1. The number of carbonyl (C=O) groups excluding carboxylic acids is 2.